The summed E-state index contributed by atoms with van der Waals surface area (Å²) in [5, 5.41) is 7.70. The van der Waals surface area contributed by atoms with Crippen LogP contribution >= 0.6 is 0 Å². The van der Waals surface area contributed by atoms with E-state index in [1.54, 1.807) is 0 Å². The lowest BCUT2D eigenvalue weighted by molar-refractivity contribution is 0.312. The number of hydrogen-bond donors (Lipinski definition) is 0. The van der Waals surface area contributed by atoms with Crippen LogP contribution < -0.4 is 11.2 Å². The molecule has 0 aliphatic carbocycles. The van der Waals surface area contributed by atoms with Crippen LogP contribution in [0.2, 0.25) is 27.3 Å². The first kappa shape index (κ1) is 8.37. The minimum atomic E-state index is 0.402. The van der Waals surface area contributed by atoms with E-state index in [4.69, 9.17) is 0 Å². The summed E-state index contributed by atoms with van der Waals surface area (Å²) in [5.41, 5.74) is 1.97. The summed E-state index contributed by atoms with van der Waals surface area (Å²) in [6.45, 7) is 9.16. The van der Waals surface area contributed by atoms with Crippen LogP contribution in [0.4, 0.5) is 0 Å². The number of nitrogens with zero attached hydrogens (tertiary/aromatic N) is 2. The minimum absolute atomic E-state index is 0.402. The molecule has 1 aromatic rings. The molecule has 5 heteroatoms. The van der Waals surface area contributed by atoms with Gasteiger partial charge in [-0.25, -0.2) is 4.63 Å². The average molecular weight is 150 g/mol. The highest BCUT2D eigenvalue weighted by Crippen LogP contribution is 1.83. The van der Waals surface area contributed by atoms with Crippen LogP contribution in [0.3, 0.4) is 0 Å². The van der Waals surface area contributed by atoms with Crippen LogP contribution in [0.25, 0.3) is 0 Å². The molecule has 0 aromatic carbocycles. The van der Waals surface area contributed by atoms with Crippen molar-refractivity contribution < 1.29 is 4.63 Å². The highest BCUT2D eigenvalue weighted by molar-refractivity contribution is 6.80. The predicted octanol–water partition coefficient (Wildman–Crippen LogP) is -0.00760. The Hall–Kier alpha value is -0.730. The van der Waals surface area contributed by atoms with Crippen molar-refractivity contribution in [2.45, 2.75) is 27.3 Å². The molecule has 0 amide bonds. The van der Waals surface area contributed by atoms with Gasteiger partial charge in [0.1, 0.15) is 0 Å². The lowest BCUT2D eigenvalue weighted by atomic mass is 9.42. The molecule has 0 unspecified atom stereocenters. The first-order chi connectivity index (χ1) is 5.13. The van der Waals surface area contributed by atoms with Crippen molar-refractivity contribution in [3.63, 3.8) is 0 Å². The molecule has 58 valence electrons. The summed E-state index contributed by atoms with van der Waals surface area (Å²) in [4.78, 5) is 0. The topological polar surface area (TPSA) is 38.9 Å². The van der Waals surface area contributed by atoms with E-state index in [-0.39, 0.29) is 0 Å². The van der Waals surface area contributed by atoms with Gasteiger partial charge in [-0.3, -0.25) is 0 Å². The summed E-state index contributed by atoms with van der Waals surface area (Å²) in [6.07, 6.45) is 0. The van der Waals surface area contributed by atoms with E-state index in [0.717, 1.165) is 11.2 Å². The van der Waals surface area contributed by atoms with Gasteiger partial charge in [0.05, 0.1) is 11.2 Å². The monoisotopic (exact) mass is 150 g/mol. The molecule has 0 radical (unpaired) electrons. The van der Waals surface area contributed by atoms with Crippen molar-refractivity contribution in [1.82, 2.24) is 10.3 Å². The van der Waals surface area contributed by atoms with E-state index in [1.807, 2.05) is 0 Å². The SMILES string of the molecule is CB(C)c1nonc1B(C)C. The summed E-state index contributed by atoms with van der Waals surface area (Å²) in [7, 11) is 0. The molecule has 1 heterocycles. The maximum atomic E-state index is 4.67. The Morgan fingerprint density at radius 3 is 1.55 bits per heavy atom. The molecular weight excluding hydrogens is 138 g/mol. The third-order valence-corrected chi connectivity index (χ3v) is 1.63. The molecule has 0 bridgehead atoms. The summed E-state index contributed by atoms with van der Waals surface area (Å²) in [5.74, 6) is 0. The van der Waals surface area contributed by atoms with Gasteiger partial charge in [-0.2, -0.15) is 0 Å². The predicted molar refractivity (Wildman–Crippen MR) is 48.5 cm³/mol. The number of rotatable bonds is 2. The molecule has 1 rings (SSSR count). The Balaban J connectivity index is 2.96. The van der Waals surface area contributed by atoms with Gasteiger partial charge in [-0.1, -0.05) is 37.6 Å². The molecule has 0 spiro atoms. The van der Waals surface area contributed by atoms with Gasteiger partial charge in [-0.15, -0.1) is 0 Å². The fourth-order valence-electron chi connectivity index (χ4n) is 1.00. The van der Waals surface area contributed by atoms with E-state index in [9.17, 15) is 0 Å². The Morgan fingerprint density at radius 2 is 1.27 bits per heavy atom. The molecule has 0 fully saturated rings. The lowest BCUT2D eigenvalue weighted by Gasteiger charge is -1.98. The highest BCUT2D eigenvalue weighted by Gasteiger charge is 2.19. The quantitative estimate of drug-likeness (QED) is 0.556. The van der Waals surface area contributed by atoms with E-state index in [0.29, 0.717) is 13.4 Å². The minimum Gasteiger partial charge on any atom is -0.246 e. The van der Waals surface area contributed by atoms with Gasteiger partial charge in [0.25, 0.3) is 0 Å². The zero-order valence-electron chi connectivity index (χ0n) is 7.46. The van der Waals surface area contributed by atoms with Crippen molar-refractivity contribution in [1.29, 1.82) is 0 Å². The zero-order chi connectivity index (χ0) is 8.43. The van der Waals surface area contributed by atoms with Gasteiger partial charge < -0.3 is 0 Å². The Bertz CT molecular complexity index is 212. The smallest absolute Gasteiger partial charge is 0.200 e. The van der Waals surface area contributed by atoms with E-state index < -0.39 is 0 Å². The number of hydrogen-bond acceptors (Lipinski definition) is 3. The van der Waals surface area contributed by atoms with Gasteiger partial charge >= 0.3 is 0 Å². The highest BCUT2D eigenvalue weighted by atomic mass is 16.6. The van der Waals surface area contributed by atoms with Crippen molar-refractivity contribution in [2.24, 2.45) is 0 Å². The first-order valence-corrected chi connectivity index (χ1v) is 3.95. The molecule has 0 atom stereocenters. The van der Waals surface area contributed by atoms with Crippen LogP contribution in [0.15, 0.2) is 4.63 Å². The Kier molecular flexibility index (Phi) is 2.37. The molecule has 1 aromatic heterocycles. The van der Waals surface area contributed by atoms with Crippen LogP contribution in [0.5, 0.6) is 0 Å². The third-order valence-electron chi connectivity index (χ3n) is 1.63. The molecule has 0 saturated heterocycles. The normalized spacial score (nSPS) is 9.82. The van der Waals surface area contributed by atoms with Crippen molar-refractivity contribution >= 4 is 24.6 Å². The van der Waals surface area contributed by atoms with E-state index in [1.165, 1.54) is 0 Å². The molecule has 0 N–H and O–H groups in total. The van der Waals surface area contributed by atoms with Crippen LogP contribution in [-0.2, 0) is 0 Å². The first-order valence-electron chi connectivity index (χ1n) is 3.95. The number of aromatic nitrogens is 2. The molecule has 11 heavy (non-hydrogen) atoms. The second kappa shape index (κ2) is 3.11. The zero-order valence-corrected chi connectivity index (χ0v) is 7.46. The van der Waals surface area contributed by atoms with Crippen molar-refractivity contribution in [3.8, 4) is 0 Å². The maximum Gasteiger partial charge on any atom is 0.200 e. The maximum absolute atomic E-state index is 4.67. The Morgan fingerprint density at radius 1 is 0.909 bits per heavy atom. The largest absolute Gasteiger partial charge is 0.246 e. The van der Waals surface area contributed by atoms with E-state index >= 15 is 0 Å². The van der Waals surface area contributed by atoms with E-state index in [2.05, 4.69) is 42.2 Å². The van der Waals surface area contributed by atoms with Gasteiger partial charge in [-0.05, 0) is 0 Å². The Labute approximate surface area is 67.7 Å². The van der Waals surface area contributed by atoms with Crippen molar-refractivity contribution in [3.05, 3.63) is 0 Å². The molecule has 3 nitrogen and oxygen atoms in total. The van der Waals surface area contributed by atoms with Gasteiger partial charge in [0, 0.05) is 0 Å². The van der Waals surface area contributed by atoms with Crippen LogP contribution in [-0.4, -0.2) is 23.7 Å². The summed E-state index contributed by atoms with van der Waals surface area (Å²) >= 11 is 0. The van der Waals surface area contributed by atoms with Gasteiger partial charge in [0.15, 0.2) is 13.4 Å². The standard InChI is InChI=1S/C6H12B2N2O/c1-7(2)5-6(8(3)4)10-11-9-5/h1-4H3. The second-order valence-corrected chi connectivity index (χ2v) is 3.34. The fourth-order valence-corrected chi connectivity index (χ4v) is 1.00. The summed E-state index contributed by atoms with van der Waals surface area (Å²) < 4.78 is 4.67. The van der Waals surface area contributed by atoms with Crippen LogP contribution in [0, 0.1) is 0 Å². The second-order valence-electron chi connectivity index (χ2n) is 3.34. The summed E-state index contributed by atoms with van der Waals surface area (Å²) in [6, 6.07) is 0. The lowest BCUT2D eigenvalue weighted by Crippen LogP contribution is -2.44. The average Bonchev–Trinajstić information content (AvgIpc) is 2.32. The van der Waals surface area contributed by atoms with Crippen LogP contribution in [0.1, 0.15) is 0 Å². The van der Waals surface area contributed by atoms with Gasteiger partial charge in [0.2, 0.25) is 0 Å². The third kappa shape index (κ3) is 1.64. The molecule has 0 aliphatic rings. The van der Waals surface area contributed by atoms with Crippen molar-refractivity contribution in [2.75, 3.05) is 0 Å². The molecule has 0 aliphatic heterocycles. The molecule has 0 saturated carbocycles. The molecular formula is C6H12B2N2O. The fraction of sp³-hybridized carbons (Fsp3) is 0.667.